The molecule has 0 radical (unpaired) electrons. The van der Waals surface area contributed by atoms with Gasteiger partial charge in [0.1, 0.15) is 12.4 Å². The average molecular weight is 410 g/mol. The molecule has 1 fully saturated rings. The number of aryl methyl sites for hydroxylation is 1. The average Bonchev–Trinajstić information content (AvgIpc) is 3.42. The molecule has 146 valence electrons. The minimum absolute atomic E-state index is 0.0289. The van der Waals surface area contributed by atoms with E-state index < -0.39 is 17.6 Å². The van der Waals surface area contributed by atoms with E-state index in [0.717, 1.165) is 18.9 Å². The van der Waals surface area contributed by atoms with E-state index in [0.29, 0.717) is 10.7 Å². The van der Waals surface area contributed by atoms with Crippen LogP contribution in [0.1, 0.15) is 35.7 Å². The summed E-state index contributed by atoms with van der Waals surface area (Å²) >= 11 is 5.75. The van der Waals surface area contributed by atoms with Crippen LogP contribution < -0.4 is 5.32 Å². The number of halogens is 4. The number of carbonyl (C=O) groups excluding carboxylic acids is 1. The zero-order valence-electron chi connectivity index (χ0n) is 14.7. The van der Waals surface area contributed by atoms with E-state index in [4.69, 9.17) is 11.6 Å². The Morgan fingerprint density at radius 1 is 1.36 bits per heavy atom. The minimum atomic E-state index is -4.53. The largest absolute Gasteiger partial charge is 0.417 e. The number of pyridine rings is 2. The van der Waals surface area contributed by atoms with Crippen molar-refractivity contribution >= 4 is 34.4 Å². The number of hydrogen-bond acceptors (Lipinski definition) is 4. The molecule has 0 aliphatic heterocycles. The van der Waals surface area contributed by atoms with Crippen LogP contribution in [-0.4, -0.2) is 25.7 Å². The Bertz CT molecular complexity index is 1060. The first-order valence-corrected chi connectivity index (χ1v) is 8.97. The number of nitrogens with zero attached hydrogens (tertiary/aromatic N) is 4. The molecule has 3 heterocycles. The van der Waals surface area contributed by atoms with E-state index in [-0.39, 0.29) is 35.0 Å². The number of alkyl halides is 3. The fourth-order valence-electron chi connectivity index (χ4n) is 3.06. The van der Waals surface area contributed by atoms with E-state index in [9.17, 15) is 18.0 Å². The highest BCUT2D eigenvalue weighted by Crippen LogP contribution is 2.43. The van der Waals surface area contributed by atoms with Crippen molar-refractivity contribution in [2.45, 2.75) is 38.4 Å². The van der Waals surface area contributed by atoms with E-state index in [1.165, 1.54) is 23.9 Å². The topological polar surface area (TPSA) is 72.7 Å². The maximum Gasteiger partial charge on any atom is 0.417 e. The first-order chi connectivity index (χ1) is 13.2. The summed E-state index contributed by atoms with van der Waals surface area (Å²) in [6, 6.07) is 4.20. The molecule has 3 aromatic rings. The third-order valence-electron chi connectivity index (χ3n) is 4.49. The second kappa shape index (κ2) is 6.73. The molecule has 0 bridgehead atoms. The van der Waals surface area contributed by atoms with Crippen LogP contribution in [0.2, 0.25) is 5.02 Å². The normalized spacial score (nSPS) is 14.5. The van der Waals surface area contributed by atoms with Gasteiger partial charge >= 0.3 is 6.18 Å². The molecule has 10 heteroatoms. The molecule has 0 saturated heterocycles. The number of rotatable bonds is 4. The van der Waals surface area contributed by atoms with Crippen molar-refractivity contribution in [3.8, 4) is 0 Å². The fraction of sp³-hybridized carbons (Fsp3) is 0.333. The van der Waals surface area contributed by atoms with Gasteiger partial charge in [-0.15, -0.1) is 0 Å². The summed E-state index contributed by atoms with van der Waals surface area (Å²) in [7, 11) is 0. The van der Waals surface area contributed by atoms with Gasteiger partial charge in [-0.05, 0) is 38.0 Å². The molecule has 0 spiro atoms. The number of amides is 1. The van der Waals surface area contributed by atoms with Crippen LogP contribution in [0.3, 0.4) is 0 Å². The lowest BCUT2D eigenvalue weighted by atomic mass is 10.1. The maximum absolute atomic E-state index is 13.6. The summed E-state index contributed by atoms with van der Waals surface area (Å²) < 4.78 is 42.0. The van der Waals surface area contributed by atoms with Gasteiger partial charge in [-0.1, -0.05) is 11.6 Å². The lowest BCUT2D eigenvalue weighted by molar-refractivity contribution is -0.136. The number of carbonyl (C=O) groups is 1. The van der Waals surface area contributed by atoms with E-state index in [1.54, 1.807) is 6.07 Å². The Hall–Kier alpha value is -2.68. The molecule has 1 aliphatic carbocycles. The predicted molar refractivity (Wildman–Crippen MR) is 97.1 cm³/mol. The molecule has 1 saturated carbocycles. The van der Waals surface area contributed by atoms with Gasteiger partial charge in [-0.2, -0.15) is 18.3 Å². The highest BCUT2D eigenvalue weighted by molar-refractivity contribution is 6.30. The minimum Gasteiger partial charge on any atom is -0.309 e. The first kappa shape index (κ1) is 18.7. The van der Waals surface area contributed by atoms with Gasteiger partial charge in [0.15, 0.2) is 5.65 Å². The summed E-state index contributed by atoms with van der Waals surface area (Å²) in [5.41, 5.74) is -0.133. The SMILES string of the molecule is Cc1nn(CC(=O)Nc2ccc(Cl)cn2)c2nc(C3CC3)cc(C(F)(F)F)c12. The van der Waals surface area contributed by atoms with Gasteiger partial charge in [0, 0.05) is 17.8 Å². The Labute approximate surface area is 162 Å². The smallest absolute Gasteiger partial charge is 0.309 e. The molecule has 0 atom stereocenters. The van der Waals surface area contributed by atoms with Gasteiger partial charge in [-0.25, -0.2) is 14.6 Å². The zero-order chi connectivity index (χ0) is 20.1. The molecule has 1 N–H and O–H groups in total. The number of hydrogen-bond donors (Lipinski definition) is 1. The lowest BCUT2D eigenvalue weighted by Gasteiger charge is -2.11. The van der Waals surface area contributed by atoms with Gasteiger partial charge in [0.25, 0.3) is 0 Å². The molecule has 4 rings (SSSR count). The molecule has 6 nitrogen and oxygen atoms in total. The van der Waals surface area contributed by atoms with E-state index in [2.05, 4.69) is 20.4 Å². The van der Waals surface area contributed by atoms with Crippen molar-refractivity contribution in [1.29, 1.82) is 0 Å². The summed E-state index contributed by atoms with van der Waals surface area (Å²) in [6.07, 6.45) is -1.53. The molecular formula is C18H15ClF3N5O. The second-order valence-electron chi connectivity index (χ2n) is 6.72. The molecule has 0 aromatic carbocycles. The van der Waals surface area contributed by atoms with Crippen molar-refractivity contribution in [2.24, 2.45) is 0 Å². The van der Waals surface area contributed by atoms with E-state index in [1.807, 2.05) is 0 Å². The van der Waals surface area contributed by atoms with Crippen molar-refractivity contribution in [1.82, 2.24) is 19.7 Å². The van der Waals surface area contributed by atoms with Crippen LogP contribution in [0.5, 0.6) is 0 Å². The standard InChI is InChI=1S/C18H15ClF3N5O/c1-9-16-12(18(20,21)22)6-13(10-2-3-10)24-17(16)27(26-9)8-15(28)25-14-5-4-11(19)7-23-14/h4-7,10H,2-3,8H2,1H3,(H,23,25,28). The van der Waals surface area contributed by atoms with Gasteiger partial charge in [0.2, 0.25) is 5.91 Å². The molecular weight excluding hydrogens is 395 g/mol. The van der Waals surface area contributed by atoms with Gasteiger partial charge < -0.3 is 5.32 Å². The summed E-state index contributed by atoms with van der Waals surface area (Å²) in [4.78, 5) is 20.7. The third-order valence-corrected chi connectivity index (χ3v) is 4.71. The fourth-order valence-corrected chi connectivity index (χ4v) is 3.17. The first-order valence-electron chi connectivity index (χ1n) is 8.59. The third kappa shape index (κ3) is 3.66. The number of aromatic nitrogens is 4. The van der Waals surface area contributed by atoms with Crippen LogP contribution >= 0.6 is 11.6 Å². The monoisotopic (exact) mass is 409 g/mol. The highest BCUT2D eigenvalue weighted by Gasteiger charge is 2.37. The molecule has 3 aromatic heterocycles. The Balaban J connectivity index is 1.70. The number of nitrogens with one attached hydrogen (secondary N) is 1. The molecule has 1 amide bonds. The molecule has 1 aliphatic rings. The lowest BCUT2D eigenvalue weighted by Crippen LogP contribution is -2.20. The molecule has 28 heavy (non-hydrogen) atoms. The quantitative estimate of drug-likeness (QED) is 0.696. The van der Waals surface area contributed by atoms with Gasteiger partial charge in [0.05, 0.1) is 21.7 Å². The highest BCUT2D eigenvalue weighted by atomic mass is 35.5. The predicted octanol–water partition coefficient (Wildman–Crippen LogP) is 4.32. The van der Waals surface area contributed by atoms with Crippen molar-refractivity contribution in [2.75, 3.05) is 5.32 Å². The van der Waals surface area contributed by atoms with Crippen LogP contribution in [0.25, 0.3) is 11.0 Å². The number of anilines is 1. The van der Waals surface area contributed by atoms with Crippen LogP contribution in [0, 0.1) is 6.92 Å². The number of fused-ring (bicyclic) bond motifs is 1. The van der Waals surface area contributed by atoms with Crippen LogP contribution in [0.15, 0.2) is 24.4 Å². The summed E-state index contributed by atoms with van der Waals surface area (Å²) in [6.45, 7) is 1.19. The Kier molecular flexibility index (Phi) is 4.49. The van der Waals surface area contributed by atoms with Crippen molar-refractivity contribution in [3.05, 3.63) is 46.4 Å². The second-order valence-corrected chi connectivity index (χ2v) is 7.15. The summed E-state index contributed by atoms with van der Waals surface area (Å²) in [5.74, 6) is -0.169. The van der Waals surface area contributed by atoms with Crippen LogP contribution in [0.4, 0.5) is 19.0 Å². The van der Waals surface area contributed by atoms with Crippen molar-refractivity contribution < 1.29 is 18.0 Å². The Morgan fingerprint density at radius 3 is 2.71 bits per heavy atom. The van der Waals surface area contributed by atoms with Gasteiger partial charge in [-0.3, -0.25) is 4.79 Å². The molecule has 0 unspecified atom stereocenters. The Morgan fingerprint density at radius 2 is 2.11 bits per heavy atom. The zero-order valence-corrected chi connectivity index (χ0v) is 15.5. The van der Waals surface area contributed by atoms with Crippen LogP contribution in [-0.2, 0) is 17.5 Å². The van der Waals surface area contributed by atoms with Crippen molar-refractivity contribution in [3.63, 3.8) is 0 Å². The summed E-state index contributed by atoms with van der Waals surface area (Å²) in [5, 5.41) is 7.04. The maximum atomic E-state index is 13.6. The van der Waals surface area contributed by atoms with E-state index >= 15 is 0 Å².